The molecule has 0 heterocycles. The van der Waals surface area contributed by atoms with Crippen LogP contribution in [0.15, 0.2) is 23.8 Å². The molecule has 0 radical (unpaired) electrons. The van der Waals surface area contributed by atoms with Crippen LogP contribution >= 0.6 is 0 Å². The Morgan fingerprint density at radius 1 is 1.26 bits per heavy atom. The predicted octanol–water partition coefficient (Wildman–Crippen LogP) is 2.44. The van der Waals surface area contributed by atoms with Gasteiger partial charge in [-0.15, -0.1) is 0 Å². The number of Topliss-reactive ketones (excluding diaryl/α,β-unsaturated/α-hetero) is 1. The van der Waals surface area contributed by atoms with Gasteiger partial charge < -0.3 is 15.3 Å². The Kier molecular flexibility index (Phi) is 6.82. The van der Waals surface area contributed by atoms with E-state index in [4.69, 9.17) is 5.11 Å². The number of hydrogen-bond acceptors (Lipinski definition) is 5. The van der Waals surface area contributed by atoms with E-state index >= 15 is 0 Å². The highest BCUT2D eigenvalue weighted by molar-refractivity contribution is 6.01. The van der Waals surface area contributed by atoms with Gasteiger partial charge in [0.2, 0.25) is 0 Å². The summed E-state index contributed by atoms with van der Waals surface area (Å²) in [5.41, 5.74) is 0.562. The number of carbonyl (C=O) groups is 2. The zero-order chi connectivity index (χ0) is 20.4. The van der Waals surface area contributed by atoms with Crippen LogP contribution in [-0.2, 0) is 9.59 Å². The van der Waals surface area contributed by atoms with Crippen LogP contribution in [-0.4, -0.2) is 46.7 Å². The van der Waals surface area contributed by atoms with Crippen molar-refractivity contribution in [1.82, 2.24) is 0 Å². The van der Waals surface area contributed by atoms with E-state index in [-0.39, 0.29) is 34.2 Å². The van der Waals surface area contributed by atoms with Crippen molar-refractivity contribution in [2.45, 2.75) is 59.0 Å². The summed E-state index contributed by atoms with van der Waals surface area (Å²) >= 11 is 0. The number of rotatable bonds is 4. The monoisotopic (exact) mass is 378 g/mol. The minimum absolute atomic E-state index is 0.0268. The maximum absolute atomic E-state index is 12.2. The van der Waals surface area contributed by atoms with Crippen molar-refractivity contribution in [3.8, 4) is 0 Å². The molecule has 0 saturated heterocycles. The van der Waals surface area contributed by atoms with E-state index in [1.807, 2.05) is 6.08 Å². The third-order valence-corrected chi connectivity index (χ3v) is 7.48. The number of fused-ring (bicyclic) bond motifs is 1. The summed E-state index contributed by atoms with van der Waals surface area (Å²) in [5.74, 6) is 0.236. The minimum Gasteiger partial charge on any atom is -0.400 e. The molecule has 0 bridgehead atoms. The van der Waals surface area contributed by atoms with E-state index < -0.39 is 12.7 Å². The molecule has 3 aliphatic carbocycles. The third-order valence-electron chi connectivity index (χ3n) is 7.48. The van der Waals surface area contributed by atoms with Crippen LogP contribution in [0.4, 0.5) is 0 Å². The average molecular weight is 379 g/mol. The first-order valence-electron chi connectivity index (χ1n) is 9.96. The Morgan fingerprint density at radius 3 is 2.52 bits per heavy atom. The van der Waals surface area contributed by atoms with Crippen LogP contribution in [0.25, 0.3) is 0 Å². The van der Waals surface area contributed by atoms with Crippen molar-refractivity contribution < 1.29 is 24.9 Å². The first-order valence-corrected chi connectivity index (χ1v) is 9.96. The SMILES string of the molecule is CCC1=CC(=O)C=CC1(C)C1CC2CCC(C(=O)CO)C2(C)CC1O.CO. The fraction of sp³-hybridized carbons (Fsp3) is 0.727. The van der Waals surface area contributed by atoms with E-state index in [1.54, 1.807) is 12.2 Å². The molecule has 2 fully saturated rings. The Hall–Kier alpha value is -1.30. The topological polar surface area (TPSA) is 94.8 Å². The molecule has 0 aromatic rings. The summed E-state index contributed by atoms with van der Waals surface area (Å²) in [5, 5.41) is 27.3. The van der Waals surface area contributed by atoms with Gasteiger partial charge >= 0.3 is 0 Å². The number of aliphatic hydroxyl groups is 3. The molecule has 5 heteroatoms. The van der Waals surface area contributed by atoms with Gasteiger partial charge in [0.25, 0.3) is 0 Å². The van der Waals surface area contributed by atoms with Crippen molar-refractivity contribution in [2.75, 3.05) is 13.7 Å². The summed E-state index contributed by atoms with van der Waals surface area (Å²) in [7, 11) is 1.00. The van der Waals surface area contributed by atoms with Crippen LogP contribution < -0.4 is 0 Å². The first kappa shape index (κ1) is 22.0. The molecule has 0 amide bonds. The fourth-order valence-corrected chi connectivity index (χ4v) is 5.93. The van der Waals surface area contributed by atoms with Gasteiger partial charge in [0, 0.05) is 18.4 Å². The molecule has 27 heavy (non-hydrogen) atoms. The zero-order valence-electron chi connectivity index (χ0n) is 16.9. The van der Waals surface area contributed by atoms with E-state index in [9.17, 15) is 19.8 Å². The lowest BCUT2D eigenvalue weighted by molar-refractivity contribution is -0.133. The standard InChI is InChI=1S/C21H30O4.CH4O/c1-4-13-9-15(23)7-8-20(13,2)17-10-14-5-6-16(19(25)12-22)21(14,3)11-18(17)24;1-2/h7-9,14,16-18,22,24H,4-6,10-12H2,1-3H3;2H,1H3. The number of ketones is 2. The second kappa shape index (κ2) is 8.38. The van der Waals surface area contributed by atoms with Gasteiger partial charge in [0.15, 0.2) is 11.6 Å². The Bertz CT molecular complexity index is 637. The normalized spacial score (nSPS) is 40.7. The second-order valence-electron chi connectivity index (χ2n) is 8.61. The lowest BCUT2D eigenvalue weighted by Gasteiger charge is -2.51. The molecule has 0 spiro atoms. The highest BCUT2D eigenvalue weighted by Crippen LogP contribution is 2.60. The van der Waals surface area contributed by atoms with Crippen molar-refractivity contribution in [3.05, 3.63) is 23.8 Å². The van der Waals surface area contributed by atoms with E-state index in [0.29, 0.717) is 12.3 Å². The smallest absolute Gasteiger partial charge is 0.178 e. The molecule has 0 aromatic carbocycles. The largest absolute Gasteiger partial charge is 0.400 e. The van der Waals surface area contributed by atoms with Crippen LogP contribution in [0.2, 0.25) is 0 Å². The van der Waals surface area contributed by atoms with Crippen LogP contribution in [0, 0.1) is 28.6 Å². The van der Waals surface area contributed by atoms with E-state index in [2.05, 4.69) is 20.8 Å². The predicted molar refractivity (Wildman–Crippen MR) is 104 cm³/mol. The Morgan fingerprint density at radius 2 is 1.93 bits per heavy atom. The summed E-state index contributed by atoms with van der Waals surface area (Å²) in [6.07, 6.45) is 8.86. The van der Waals surface area contributed by atoms with Gasteiger partial charge in [0.1, 0.15) is 6.61 Å². The molecule has 3 rings (SSSR count). The van der Waals surface area contributed by atoms with Gasteiger partial charge in [-0.25, -0.2) is 0 Å². The molecule has 0 aromatic heterocycles. The summed E-state index contributed by atoms with van der Waals surface area (Å²) in [6.45, 7) is 5.90. The van der Waals surface area contributed by atoms with Gasteiger partial charge in [-0.05, 0) is 61.5 Å². The third kappa shape index (κ3) is 3.69. The van der Waals surface area contributed by atoms with Crippen LogP contribution in [0.5, 0.6) is 0 Å². The number of hydrogen-bond donors (Lipinski definition) is 3. The van der Waals surface area contributed by atoms with Gasteiger partial charge in [-0.1, -0.05) is 32.4 Å². The highest BCUT2D eigenvalue weighted by Gasteiger charge is 2.57. The lowest BCUT2D eigenvalue weighted by atomic mass is 9.54. The highest BCUT2D eigenvalue weighted by atomic mass is 16.3. The summed E-state index contributed by atoms with van der Waals surface area (Å²) in [6, 6.07) is 0. The van der Waals surface area contributed by atoms with Crippen molar-refractivity contribution in [1.29, 1.82) is 0 Å². The molecule has 6 unspecified atom stereocenters. The molecule has 3 aliphatic rings. The second-order valence-corrected chi connectivity index (χ2v) is 8.61. The van der Waals surface area contributed by atoms with Crippen LogP contribution in [0.3, 0.4) is 0 Å². The summed E-state index contributed by atoms with van der Waals surface area (Å²) < 4.78 is 0. The lowest BCUT2D eigenvalue weighted by Crippen LogP contribution is -2.49. The maximum atomic E-state index is 12.2. The number of carbonyl (C=O) groups excluding carboxylic acids is 2. The van der Waals surface area contributed by atoms with Gasteiger partial charge in [0.05, 0.1) is 6.10 Å². The molecule has 152 valence electrons. The van der Waals surface area contributed by atoms with E-state index in [1.165, 1.54) is 0 Å². The quantitative estimate of drug-likeness (QED) is 0.698. The van der Waals surface area contributed by atoms with Gasteiger partial charge in [-0.3, -0.25) is 9.59 Å². The molecule has 0 aliphatic heterocycles. The van der Waals surface area contributed by atoms with Gasteiger partial charge in [-0.2, -0.15) is 0 Å². The maximum Gasteiger partial charge on any atom is 0.178 e. The summed E-state index contributed by atoms with van der Waals surface area (Å²) in [4.78, 5) is 24.0. The Labute approximate surface area is 162 Å². The molecular formula is C22H34O5. The molecule has 5 nitrogen and oxygen atoms in total. The molecule has 6 atom stereocenters. The Balaban J connectivity index is 0.00000126. The van der Waals surface area contributed by atoms with Crippen molar-refractivity contribution in [3.63, 3.8) is 0 Å². The van der Waals surface area contributed by atoms with Crippen LogP contribution in [0.1, 0.15) is 52.9 Å². The fourth-order valence-electron chi connectivity index (χ4n) is 5.93. The zero-order valence-corrected chi connectivity index (χ0v) is 16.9. The number of aliphatic hydroxyl groups excluding tert-OH is 3. The number of allylic oxidation sites excluding steroid dienone is 4. The molecular weight excluding hydrogens is 344 g/mol. The minimum atomic E-state index is -0.508. The van der Waals surface area contributed by atoms with Crippen molar-refractivity contribution in [2.24, 2.45) is 28.6 Å². The molecule has 3 N–H and O–H groups in total. The molecule has 2 saturated carbocycles. The van der Waals surface area contributed by atoms with E-state index in [0.717, 1.165) is 38.4 Å². The first-order chi connectivity index (χ1) is 12.8. The average Bonchev–Trinajstić information content (AvgIpc) is 2.99. The van der Waals surface area contributed by atoms with Crippen molar-refractivity contribution >= 4 is 11.6 Å².